The summed E-state index contributed by atoms with van der Waals surface area (Å²) in [5.74, 6) is 1.04. The zero-order chi connectivity index (χ0) is 20.5. The second kappa shape index (κ2) is 6.68. The van der Waals surface area contributed by atoms with Gasteiger partial charge in [0.15, 0.2) is 0 Å². The highest BCUT2D eigenvalue weighted by Gasteiger charge is 2.68. The largest absolute Gasteiger partial charge is 0.508 e. The molecule has 6 heteroatoms. The average molecular weight is 413 g/mol. The van der Waals surface area contributed by atoms with Crippen LogP contribution in [0.5, 0.6) is 5.75 Å². The Morgan fingerprint density at radius 1 is 1.17 bits per heavy atom. The minimum atomic E-state index is -0.909. The number of nitrogens with zero attached hydrogens (tertiary/aromatic N) is 2. The van der Waals surface area contributed by atoms with Crippen molar-refractivity contribution in [3.05, 3.63) is 29.3 Å². The van der Waals surface area contributed by atoms with E-state index in [0.717, 1.165) is 37.4 Å². The maximum atomic E-state index is 13.4. The van der Waals surface area contributed by atoms with Crippen molar-refractivity contribution in [2.24, 2.45) is 11.8 Å². The van der Waals surface area contributed by atoms with Crippen molar-refractivity contribution in [2.45, 2.75) is 55.6 Å². The van der Waals surface area contributed by atoms with Crippen LogP contribution in [0.25, 0.3) is 0 Å². The third kappa shape index (κ3) is 2.69. The average Bonchev–Trinajstić information content (AvgIpc) is 3.50. The van der Waals surface area contributed by atoms with Crippen molar-refractivity contribution >= 4 is 5.91 Å². The van der Waals surface area contributed by atoms with Gasteiger partial charge in [-0.1, -0.05) is 6.07 Å². The van der Waals surface area contributed by atoms with Gasteiger partial charge >= 0.3 is 0 Å². The first kappa shape index (κ1) is 19.1. The van der Waals surface area contributed by atoms with Crippen molar-refractivity contribution in [3.63, 3.8) is 0 Å². The number of hydrogen-bond donors (Lipinski definition) is 2. The minimum absolute atomic E-state index is 0.0615. The quantitative estimate of drug-likeness (QED) is 0.790. The molecule has 4 fully saturated rings. The van der Waals surface area contributed by atoms with Crippen LogP contribution in [0.4, 0.5) is 0 Å². The summed E-state index contributed by atoms with van der Waals surface area (Å²) >= 11 is 0. The van der Waals surface area contributed by atoms with E-state index in [1.165, 1.54) is 18.4 Å². The number of ether oxygens (including phenoxy) is 1. The van der Waals surface area contributed by atoms with Crippen LogP contribution in [0.1, 0.15) is 43.2 Å². The number of amides is 1. The smallest absolute Gasteiger partial charge is 0.225 e. The lowest BCUT2D eigenvalue weighted by Gasteiger charge is -2.59. The van der Waals surface area contributed by atoms with Crippen LogP contribution in [0.3, 0.4) is 0 Å². The van der Waals surface area contributed by atoms with E-state index >= 15 is 0 Å². The summed E-state index contributed by atoms with van der Waals surface area (Å²) in [6.45, 7) is 4.53. The molecule has 30 heavy (non-hydrogen) atoms. The van der Waals surface area contributed by atoms with E-state index in [0.29, 0.717) is 39.1 Å². The molecule has 1 aromatic carbocycles. The van der Waals surface area contributed by atoms with E-state index in [2.05, 4.69) is 4.90 Å². The molecule has 6 rings (SSSR count). The maximum absolute atomic E-state index is 13.4. The van der Waals surface area contributed by atoms with E-state index in [4.69, 9.17) is 4.74 Å². The highest BCUT2D eigenvalue weighted by Crippen LogP contribution is 2.62. The Kier molecular flexibility index (Phi) is 4.25. The van der Waals surface area contributed by atoms with Crippen LogP contribution in [0, 0.1) is 11.8 Å². The van der Waals surface area contributed by atoms with Gasteiger partial charge in [-0.25, -0.2) is 0 Å². The number of fused-ring (bicyclic) bond motifs is 1. The Balaban J connectivity index is 1.39. The van der Waals surface area contributed by atoms with E-state index in [-0.39, 0.29) is 23.6 Å². The first-order valence-electron chi connectivity index (χ1n) is 11.7. The summed E-state index contributed by atoms with van der Waals surface area (Å²) in [5.41, 5.74) is 0.983. The number of carbonyl (C=O) groups is 1. The molecular formula is C24H32N2O4. The number of piperidine rings is 1. The van der Waals surface area contributed by atoms with E-state index < -0.39 is 11.0 Å². The maximum Gasteiger partial charge on any atom is 0.225 e. The second-order valence-electron chi connectivity index (χ2n) is 10.3. The van der Waals surface area contributed by atoms with Crippen molar-refractivity contribution < 1.29 is 19.7 Å². The number of carbonyl (C=O) groups excluding carboxylic acids is 1. The monoisotopic (exact) mass is 412 g/mol. The summed E-state index contributed by atoms with van der Waals surface area (Å²) in [7, 11) is 0. The lowest BCUT2D eigenvalue weighted by atomic mass is 9.56. The molecule has 0 radical (unpaired) electrons. The van der Waals surface area contributed by atoms with Crippen molar-refractivity contribution in [1.82, 2.24) is 9.80 Å². The van der Waals surface area contributed by atoms with Crippen LogP contribution in [-0.4, -0.2) is 77.0 Å². The summed E-state index contributed by atoms with van der Waals surface area (Å²) in [5, 5.41) is 22.6. The number of benzene rings is 1. The fraction of sp³-hybridized carbons (Fsp3) is 0.708. The molecule has 2 heterocycles. The van der Waals surface area contributed by atoms with Crippen LogP contribution in [0.15, 0.2) is 18.2 Å². The number of phenolic OH excluding ortho intramolecular Hbond substituents is 1. The lowest BCUT2D eigenvalue weighted by molar-refractivity contribution is -0.142. The molecule has 6 nitrogen and oxygen atoms in total. The minimum Gasteiger partial charge on any atom is -0.508 e. The van der Waals surface area contributed by atoms with Gasteiger partial charge in [-0.15, -0.1) is 0 Å². The SMILES string of the molecule is O=C([C@@H]1C[C@]23CCN(CC4CC4)[C@H](Cc4ccc(O)cc42)[C@]3(O)C1)N1CCOCC1. The topological polar surface area (TPSA) is 73.2 Å². The van der Waals surface area contributed by atoms with E-state index in [1.54, 1.807) is 6.07 Å². The van der Waals surface area contributed by atoms with E-state index in [9.17, 15) is 15.0 Å². The molecule has 0 spiro atoms. The Morgan fingerprint density at radius 2 is 1.97 bits per heavy atom. The molecule has 1 amide bonds. The molecule has 5 aliphatic rings. The highest BCUT2D eigenvalue weighted by molar-refractivity contribution is 5.80. The van der Waals surface area contributed by atoms with Gasteiger partial charge in [0, 0.05) is 37.0 Å². The molecule has 1 aromatic rings. The van der Waals surface area contributed by atoms with Gasteiger partial charge in [0.05, 0.1) is 18.8 Å². The first-order valence-corrected chi connectivity index (χ1v) is 11.7. The molecule has 0 unspecified atom stereocenters. The standard InChI is InChI=1S/C24H32N2O4/c27-19-4-3-17-11-21-24(29)14-18(22(28)25-7-9-30-10-8-25)13-23(24,20(17)12-19)5-6-26(21)15-16-1-2-16/h3-4,12,16,18,21,27,29H,1-2,5-11,13-15H2/t18-,21-,23-,24-/m1/s1. The number of phenols is 1. The highest BCUT2D eigenvalue weighted by atomic mass is 16.5. The Morgan fingerprint density at radius 3 is 2.73 bits per heavy atom. The third-order valence-electron chi connectivity index (χ3n) is 8.68. The Labute approximate surface area is 177 Å². The Hall–Kier alpha value is -1.63. The zero-order valence-corrected chi connectivity index (χ0v) is 17.6. The predicted molar refractivity (Wildman–Crippen MR) is 111 cm³/mol. The molecule has 2 saturated carbocycles. The summed E-state index contributed by atoms with van der Waals surface area (Å²) in [6, 6.07) is 5.74. The Bertz CT molecular complexity index is 865. The van der Waals surface area contributed by atoms with Gasteiger partial charge in [-0.2, -0.15) is 0 Å². The fourth-order valence-electron chi connectivity index (χ4n) is 7.05. The first-order chi connectivity index (χ1) is 14.5. The molecule has 2 aliphatic heterocycles. The number of likely N-dealkylation sites (tertiary alicyclic amines) is 1. The molecule has 4 atom stereocenters. The van der Waals surface area contributed by atoms with Crippen LogP contribution in [0.2, 0.25) is 0 Å². The second-order valence-corrected chi connectivity index (χ2v) is 10.3. The van der Waals surface area contributed by atoms with Gasteiger partial charge in [0.2, 0.25) is 5.91 Å². The molecule has 3 aliphatic carbocycles. The fourth-order valence-corrected chi connectivity index (χ4v) is 7.05. The molecule has 2 N–H and O–H groups in total. The normalized spacial score (nSPS) is 38.2. The van der Waals surface area contributed by atoms with Crippen molar-refractivity contribution in [3.8, 4) is 5.75 Å². The predicted octanol–water partition coefficient (Wildman–Crippen LogP) is 1.67. The lowest BCUT2D eigenvalue weighted by Crippen LogP contribution is -2.69. The van der Waals surface area contributed by atoms with Gasteiger partial charge in [-0.05, 0) is 74.2 Å². The molecule has 162 valence electrons. The summed E-state index contributed by atoms with van der Waals surface area (Å²) < 4.78 is 5.43. The number of rotatable bonds is 3. The van der Waals surface area contributed by atoms with Crippen LogP contribution >= 0.6 is 0 Å². The number of morpholine rings is 1. The van der Waals surface area contributed by atoms with Crippen LogP contribution in [-0.2, 0) is 21.4 Å². The van der Waals surface area contributed by atoms with Gasteiger partial charge in [-0.3, -0.25) is 9.69 Å². The zero-order valence-electron chi connectivity index (χ0n) is 17.6. The van der Waals surface area contributed by atoms with Crippen LogP contribution < -0.4 is 0 Å². The number of aliphatic hydroxyl groups is 1. The van der Waals surface area contributed by atoms with Crippen molar-refractivity contribution in [2.75, 3.05) is 39.4 Å². The molecule has 2 saturated heterocycles. The molecular weight excluding hydrogens is 380 g/mol. The summed E-state index contributed by atoms with van der Waals surface area (Å²) in [6.07, 6.45) is 5.48. The number of aromatic hydroxyl groups is 1. The van der Waals surface area contributed by atoms with E-state index in [1.807, 2.05) is 17.0 Å². The third-order valence-corrected chi connectivity index (χ3v) is 8.68. The van der Waals surface area contributed by atoms with Gasteiger partial charge in [0.1, 0.15) is 5.75 Å². The van der Waals surface area contributed by atoms with Crippen molar-refractivity contribution in [1.29, 1.82) is 0 Å². The summed E-state index contributed by atoms with van der Waals surface area (Å²) in [4.78, 5) is 17.9. The molecule has 2 bridgehead atoms. The molecule has 0 aromatic heterocycles. The number of hydrogen-bond acceptors (Lipinski definition) is 5. The van der Waals surface area contributed by atoms with Gasteiger partial charge in [0.25, 0.3) is 0 Å². The van der Waals surface area contributed by atoms with Gasteiger partial charge < -0.3 is 19.8 Å².